The third-order valence-electron chi connectivity index (χ3n) is 2.11. The topological polar surface area (TPSA) is 40.6 Å². The van der Waals surface area contributed by atoms with Gasteiger partial charge in [-0.15, -0.1) is 0 Å². The molecular weight excluding hydrogens is 270 g/mol. The molecule has 4 nitrogen and oxygen atoms in total. The summed E-state index contributed by atoms with van der Waals surface area (Å²) in [7, 11) is 0. The zero-order valence-corrected chi connectivity index (χ0v) is 8.81. The van der Waals surface area contributed by atoms with Crippen molar-refractivity contribution in [2.45, 2.75) is 18.8 Å². The average Bonchev–Trinajstić information content (AvgIpc) is 2.14. The first-order chi connectivity index (χ1) is 7.99. The van der Waals surface area contributed by atoms with Crippen molar-refractivity contribution < 1.29 is 35.9 Å². The molecule has 18 heavy (non-hydrogen) atoms. The minimum atomic E-state index is -4.84. The van der Waals surface area contributed by atoms with Crippen LogP contribution in [0.25, 0.3) is 0 Å². The van der Waals surface area contributed by atoms with E-state index >= 15 is 0 Å². The van der Waals surface area contributed by atoms with E-state index in [1.807, 2.05) is 0 Å². The number of rotatable bonds is 2. The molecule has 0 N–H and O–H groups in total. The van der Waals surface area contributed by atoms with Gasteiger partial charge in [0.1, 0.15) is 13.1 Å². The Hall–Kier alpha value is -1.48. The van der Waals surface area contributed by atoms with Gasteiger partial charge in [-0.2, -0.15) is 26.3 Å². The Kier molecular flexibility index (Phi) is 3.77. The molecule has 3 amide bonds. The van der Waals surface area contributed by atoms with Crippen molar-refractivity contribution >= 4 is 11.9 Å². The fraction of sp³-hybridized carbons (Fsp3) is 0.750. The smallest absolute Gasteiger partial charge is 0.315 e. The molecule has 1 saturated heterocycles. The highest BCUT2D eigenvalue weighted by Gasteiger charge is 2.43. The number of alkyl halides is 6. The van der Waals surface area contributed by atoms with Crippen LogP contribution in [0.15, 0.2) is 0 Å². The van der Waals surface area contributed by atoms with Crippen LogP contribution >= 0.6 is 0 Å². The Morgan fingerprint density at radius 2 is 1.44 bits per heavy atom. The summed E-state index contributed by atoms with van der Waals surface area (Å²) in [5.41, 5.74) is 0. The van der Waals surface area contributed by atoms with Crippen LogP contribution in [0.3, 0.4) is 0 Å². The van der Waals surface area contributed by atoms with Crippen molar-refractivity contribution in [2.24, 2.45) is 0 Å². The number of carbonyl (C=O) groups is 2. The summed E-state index contributed by atoms with van der Waals surface area (Å²) in [6.45, 7) is -4.09. The highest BCUT2D eigenvalue weighted by Crippen LogP contribution is 2.23. The third kappa shape index (κ3) is 4.08. The van der Waals surface area contributed by atoms with E-state index in [0.29, 0.717) is 0 Å². The molecular formula is C8H8F6N2O2. The Bertz CT molecular complexity index is 350. The monoisotopic (exact) mass is 278 g/mol. The lowest BCUT2D eigenvalue weighted by atomic mass is 10.2. The van der Waals surface area contributed by atoms with Gasteiger partial charge >= 0.3 is 18.4 Å². The van der Waals surface area contributed by atoms with E-state index in [9.17, 15) is 35.9 Å². The van der Waals surface area contributed by atoms with Crippen LogP contribution in [-0.2, 0) is 4.79 Å². The van der Waals surface area contributed by atoms with E-state index in [2.05, 4.69) is 0 Å². The molecule has 0 aromatic carbocycles. The summed E-state index contributed by atoms with van der Waals surface area (Å²) in [6, 6.07) is -1.57. The maximum absolute atomic E-state index is 12.1. The predicted molar refractivity (Wildman–Crippen MR) is 45.4 cm³/mol. The minimum absolute atomic E-state index is 0.174. The normalized spacial score (nSPS) is 18.6. The highest BCUT2D eigenvalue weighted by atomic mass is 19.4. The van der Waals surface area contributed by atoms with Crippen LogP contribution in [0, 0.1) is 0 Å². The van der Waals surface area contributed by atoms with Gasteiger partial charge in [0.2, 0.25) is 5.91 Å². The van der Waals surface area contributed by atoms with Crippen LogP contribution in [0.2, 0.25) is 0 Å². The van der Waals surface area contributed by atoms with Crippen molar-refractivity contribution in [2.75, 3.05) is 19.6 Å². The number of carbonyl (C=O) groups excluding carboxylic acids is 2. The fourth-order valence-corrected chi connectivity index (χ4v) is 1.44. The molecule has 0 aliphatic carbocycles. The largest absolute Gasteiger partial charge is 0.406 e. The lowest BCUT2D eigenvalue weighted by Crippen LogP contribution is -2.56. The molecule has 0 bridgehead atoms. The van der Waals surface area contributed by atoms with E-state index in [1.165, 1.54) is 0 Å². The minimum Gasteiger partial charge on any atom is -0.315 e. The van der Waals surface area contributed by atoms with Gasteiger partial charge in [-0.05, 0) is 0 Å². The zero-order chi connectivity index (χ0) is 14.1. The summed E-state index contributed by atoms with van der Waals surface area (Å²) >= 11 is 0. The van der Waals surface area contributed by atoms with Gasteiger partial charge in [0.05, 0.1) is 0 Å². The quantitative estimate of drug-likeness (QED) is 0.722. The number of halogens is 6. The number of nitrogens with zero attached hydrogens (tertiary/aromatic N) is 2. The molecule has 0 aromatic rings. The van der Waals surface area contributed by atoms with Gasteiger partial charge in [0.25, 0.3) is 0 Å². The number of amides is 3. The molecule has 0 saturated carbocycles. The van der Waals surface area contributed by atoms with Gasteiger partial charge in [-0.3, -0.25) is 9.69 Å². The second-order valence-electron chi connectivity index (χ2n) is 3.66. The number of hydrogen-bond acceptors (Lipinski definition) is 2. The van der Waals surface area contributed by atoms with E-state index in [-0.39, 0.29) is 9.80 Å². The molecule has 10 heteroatoms. The first-order valence-corrected chi connectivity index (χ1v) is 4.72. The highest BCUT2D eigenvalue weighted by molar-refractivity contribution is 5.96. The predicted octanol–water partition coefficient (Wildman–Crippen LogP) is 1.77. The second kappa shape index (κ2) is 4.65. The lowest BCUT2D eigenvalue weighted by molar-refractivity contribution is -0.164. The van der Waals surface area contributed by atoms with Crippen LogP contribution in [-0.4, -0.2) is 53.7 Å². The molecule has 1 aliphatic rings. The van der Waals surface area contributed by atoms with E-state index in [1.54, 1.807) is 0 Å². The van der Waals surface area contributed by atoms with Gasteiger partial charge in [0.15, 0.2) is 0 Å². The zero-order valence-electron chi connectivity index (χ0n) is 8.81. The Morgan fingerprint density at radius 3 is 1.89 bits per heavy atom. The molecule has 104 valence electrons. The molecule has 0 atom stereocenters. The SMILES string of the molecule is O=C1CCN(CC(F)(F)F)C(=O)N1CC(F)(F)F. The first kappa shape index (κ1) is 14.6. The van der Waals surface area contributed by atoms with E-state index in [0.717, 1.165) is 0 Å². The lowest BCUT2D eigenvalue weighted by Gasteiger charge is -2.34. The summed E-state index contributed by atoms with van der Waals surface area (Å²) in [5, 5.41) is 0. The van der Waals surface area contributed by atoms with Gasteiger partial charge in [-0.1, -0.05) is 0 Å². The maximum atomic E-state index is 12.1. The molecule has 1 heterocycles. The van der Waals surface area contributed by atoms with Crippen molar-refractivity contribution in [1.82, 2.24) is 9.80 Å². The molecule has 0 aromatic heterocycles. The van der Waals surface area contributed by atoms with Crippen LogP contribution in [0.4, 0.5) is 31.1 Å². The Balaban J connectivity index is 2.78. The third-order valence-corrected chi connectivity index (χ3v) is 2.11. The number of urea groups is 1. The second-order valence-corrected chi connectivity index (χ2v) is 3.66. The van der Waals surface area contributed by atoms with Gasteiger partial charge in [-0.25, -0.2) is 4.79 Å². The molecule has 0 radical (unpaired) electrons. The standard InChI is InChI=1S/C8H8F6N2O2/c9-7(10,11)3-15-2-1-5(17)16(6(15)18)4-8(12,13)14/h1-4H2. The molecule has 0 spiro atoms. The molecule has 1 fully saturated rings. The molecule has 1 aliphatic heterocycles. The Labute approximate surface area is 97.1 Å². The number of hydrogen-bond donors (Lipinski definition) is 0. The van der Waals surface area contributed by atoms with Crippen LogP contribution < -0.4 is 0 Å². The van der Waals surface area contributed by atoms with Crippen molar-refractivity contribution in [3.05, 3.63) is 0 Å². The van der Waals surface area contributed by atoms with Crippen LogP contribution in [0.5, 0.6) is 0 Å². The fourth-order valence-electron chi connectivity index (χ4n) is 1.44. The first-order valence-electron chi connectivity index (χ1n) is 4.72. The van der Waals surface area contributed by atoms with Gasteiger partial charge in [0, 0.05) is 13.0 Å². The van der Waals surface area contributed by atoms with Crippen molar-refractivity contribution in [3.8, 4) is 0 Å². The van der Waals surface area contributed by atoms with Crippen molar-refractivity contribution in [3.63, 3.8) is 0 Å². The maximum Gasteiger partial charge on any atom is 0.406 e. The number of imide groups is 1. The average molecular weight is 278 g/mol. The molecule has 0 unspecified atom stereocenters. The van der Waals surface area contributed by atoms with Gasteiger partial charge < -0.3 is 4.90 Å². The summed E-state index contributed by atoms with van der Waals surface area (Å²) in [6.07, 6.45) is -10.1. The summed E-state index contributed by atoms with van der Waals surface area (Å²) in [4.78, 5) is 22.4. The molecule has 1 rings (SSSR count). The van der Waals surface area contributed by atoms with E-state index < -0.39 is 50.3 Å². The van der Waals surface area contributed by atoms with Crippen LogP contribution in [0.1, 0.15) is 6.42 Å². The van der Waals surface area contributed by atoms with E-state index in [4.69, 9.17) is 0 Å². The summed E-state index contributed by atoms with van der Waals surface area (Å²) < 4.78 is 72.4. The summed E-state index contributed by atoms with van der Waals surface area (Å²) in [5.74, 6) is -1.13. The Morgan fingerprint density at radius 1 is 0.944 bits per heavy atom. The van der Waals surface area contributed by atoms with Crippen molar-refractivity contribution in [1.29, 1.82) is 0 Å².